The van der Waals surface area contributed by atoms with Crippen molar-refractivity contribution in [2.45, 2.75) is 10.1 Å². The number of carboxylic acids is 1. The van der Waals surface area contributed by atoms with Crippen molar-refractivity contribution in [2.24, 2.45) is 7.05 Å². The Labute approximate surface area is 110 Å². The average molecular weight is 284 g/mol. The van der Waals surface area contributed by atoms with Gasteiger partial charge in [0, 0.05) is 12.7 Å². The highest BCUT2D eigenvalue weighted by Gasteiger charge is 2.16. The number of nitrogens with two attached hydrogens (primary N) is 1. The summed E-state index contributed by atoms with van der Waals surface area (Å²) in [4.78, 5) is 22.1. The van der Waals surface area contributed by atoms with Crippen molar-refractivity contribution in [3.8, 4) is 0 Å². The van der Waals surface area contributed by atoms with Gasteiger partial charge in [0.15, 0.2) is 5.16 Å². The normalized spacial score (nSPS) is 10.6. The third kappa shape index (κ3) is 2.45. The van der Waals surface area contributed by atoms with Crippen LogP contribution in [0.5, 0.6) is 0 Å². The van der Waals surface area contributed by atoms with E-state index >= 15 is 0 Å². The van der Waals surface area contributed by atoms with E-state index in [-0.39, 0.29) is 21.3 Å². The Bertz CT molecular complexity index is 709. The number of aromatic amines is 1. The van der Waals surface area contributed by atoms with Gasteiger partial charge < -0.3 is 10.8 Å². The fraction of sp³-hybridized carbons (Fsp3) is 0.100. The fourth-order valence-corrected chi connectivity index (χ4v) is 2.20. The zero-order valence-corrected chi connectivity index (χ0v) is 10.5. The molecule has 2 aromatic rings. The zero-order chi connectivity index (χ0) is 14.2. The van der Waals surface area contributed by atoms with Crippen molar-refractivity contribution < 1.29 is 14.3 Å². The number of aromatic carboxylic acids is 1. The van der Waals surface area contributed by atoms with Crippen LogP contribution in [0.1, 0.15) is 10.4 Å². The van der Waals surface area contributed by atoms with Gasteiger partial charge in [-0.2, -0.15) is 0 Å². The minimum atomic E-state index is -1.25. The van der Waals surface area contributed by atoms with E-state index in [4.69, 9.17) is 10.8 Å². The number of H-pyrrole nitrogens is 1. The molecule has 0 aliphatic rings. The molecular weight excluding hydrogens is 275 g/mol. The van der Waals surface area contributed by atoms with E-state index < -0.39 is 17.5 Å². The largest absolute Gasteiger partial charge is 0.478 e. The molecule has 19 heavy (non-hydrogen) atoms. The molecule has 100 valence electrons. The van der Waals surface area contributed by atoms with Crippen LogP contribution in [0.25, 0.3) is 0 Å². The quantitative estimate of drug-likeness (QED) is 0.714. The first-order valence-electron chi connectivity index (χ1n) is 5.01. The molecule has 0 saturated carbocycles. The van der Waals surface area contributed by atoms with Gasteiger partial charge in [0.1, 0.15) is 5.82 Å². The van der Waals surface area contributed by atoms with Crippen LogP contribution in [0.15, 0.2) is 27.0 Å². The maximum Gasteiger partial charge on any atom is 0.343 e. The summed E-state index contributed by atoms with van der Waals surface area (Å²) in [5, 5.41) is 15.0. The van der Waals surface area contributed by atoms with Gasteiger partial charge in [0.2, 0.25) is 0 Å². The molecule has 0 saturated heterocycles. The molecule has 2 rings (SSSR count). The number of carboxylic acid groups (broad SMARTS) is 1. The van der Waals surface area contributed by atoms with Crippen molar-refractivity contribution in [3.05, 3.63) is 34.0 Å². The molecule has 0 fully saturated rings. The number of aromatic nitrogens is 3. The second kappa shape index (κ2) is 4.76. The highest BCUT2D eigenvalue weighted by atomic mass is 32.2. The molecular formula is C10H9FN4O3S. The number of halogens is 1. The topological polar surface area (TPSA) is 114 Å². The van der Waals surface area contributed by atoms with Crippen LogP contribution in [0.3, 0.4) is 0 Å². The highest BCUT2D eigenvalue weighted by Crippen LogP contribution is 2.30. The Morgan fingerprint density at radius 3 is 2.79 bits per heavy atom. The second-order valence-electron chi connectivity index (χ2n) is 3.65. The number of carbonyl (C=O) groups is 1. The Kier molecular flexibility index (Phi) is 3.30. The maximum atomic E-state index is 13.7. The Balaban J connectivity index is 2.45. The van der Waals surface area contributed by atoms with Crippen molar-refractivity contribution in [3.63, 3.8) is 0 Å². The zero-order valence-electron chi connectivity index (χ0n) is 9.68. The number of anilines is 1. The molecule has 0 unspecified atom stereocenters. The van der Waals surface area contributed by atoms with Gasteiger partial charge in [0.05, 0.1) is 10.5 Å². The lowest BCUT2D eigenvalue weighted by atomic mass is 10.2. The van der Waals surface area contributed by atoms with E-state index in [9.17, 15) is 14.0 Å². The van der Waals surface area contributed by atoms with E-state index in [1.54, 1.807) is 0 Å². The third-order valence-corrected chi connectivity index (χ3v) is 3.45. The van der Waals surface area contributed by atoms with Crippen molar-refractivity contribution >= 4 is 23.4 Å². The number of benzene rings is 1. The molecule has 0 aliphatic heterocycles. The minimum absolute atomic E-state index is 0.0219. The summed E-state index contributed by atoms with van der Waals surface area (Å²) < 4.78 is 14.9. The molecule has 1 aromatic carbocycles. The Morgan fingerprint density at radius 2 is 2.26 bits per heavy atom. The first kappa shape index (κ1) is 13.1. The smallest absolute Gasteiger partial charge is 0.343 e. The molecule has 1 aromatic heterocycles. The van der Waals surface area contributed by atoms with E-state index in [0.29, 0.717) is 0 Å². The SMILES string of the molecule is Cn1c(Sc2cc(C(=O)O)c(N)cc2F)n[nH]c1=O. The molecule has 0 aliphatic carbocycles. The number of hydrogen-bond acceptors (Lipinski definition) is 5. The monoisotopic (exact) mass is 284 g/mol. The minimum Gasteiger partial charge on any atom is -0.478 e. The van der Waals surface area contributed by atoms with Crippen LogP contribution >= 0.6 is 11.8 Å². The standard InChI is InChI=1S/C10H9FN4O3S/c1-15-9(18)13-14-10(15)19-7-2-4(8(16)17)6(12)3-5(7)11/h2-3H,12H2,1H3,(H,13,18)(H,16,17). The summed E-state index contributed by atoms with van der Waals surface area (Å²) in [6, 6.07) is 2.04. The van der Waals surface area contributed by atoms with Crippen molar-refractivity contribution in [1.29, 1.82) is 0 Å². The number of nitrogens with zero attached hydrogens (tertiary/aromatic N) is 2. The van der Waals surface area contributed by atoms with Crippen LogP contribution in [0, 0.1) is 5.82 Å². The van der Waals surface area contributed by atoms with Crippen molar-refractivity contribution in [2.75, 3.05) is 5.73 Å². The second-order valence-corrected chi connectivity index (χ2v) is 4.66. The van der Waals surface area contributed by atoms with Crippen LogP contribution < -0.4 is 11.4 Å². The van der Waals surface area contributed by atoms with Crippen LogP contribution in [0.2, 0.25) is 0 Å². The van der Waals surface area contributed by atoms with Crippen LogP contribution in [-0.4, -0.2) is 25.8 Å². The predicted octanol–water partition coefficient (Wildman–Crippen LogP) is 0.679. The molecule has 0 spiro atoms. The molecule has 0 radical (unpaired) electrons. The summed E-state index contributed by atoms with van der Waals surface area (Å²) in [7, 11) is 1.46. The Hall–Kier alpha value is -2.29. The first-order valence-corrected chi connectivity index (χ1v) is 5.83. The van der Waals surface area contributed by atoms with Gasteiger partial charge in [-0.05, 0) is 23.9 Å². The average Bonchev–Trinajstić information content (AvgIpc) is 2.64. The fourth-order valence-electron chi connectivity index (χ4n) is 1.35. The van der Waals surface area contributed by atoms with Gasteiger partial charge in [-0.3, -0.25) is 4.57 Å². The molecule has 7 nitrogen and oxygen atoms in total. The van der Waals surface area contributed by atoms with Gasteiger partial charge in [-0.15, -0.1) is 5.10 Å². The van der Waals surface area contributed by atoms with Crippen LogP contribution in [-0.2, 0) is 7.05 Å². The number of nitrogen functional groups attached to an aromatic ring is 1. The van der Waals surface area contributed by atoms with E-state index in [0.717, 1.165) is 23.9 Å². The van der Waals surface area contributed by atoms with E-state index in [2.05, 4.69) is 10.2 Å². The third-order valence-electron chi connectivity index (χ3n) is 2.37. The Morgan fingerprint density at radius 1 is 1.58 bits per heavy atom. The summed E-state index contributed by atoms with van der Waals surface area (Å²) in [5.41, 5.74) is 4.60. The molecule has 4 N–H and O–H groups in total. The van der Waals surface area contributed by atoms with Gasteiger partial charge in [0.25, 0.3) is 0 Å². The molecule has 0 amide bonds. The summed E-state index contributed by atoms with van der Waals surface area (Å²) in [6.45, 7) is 0. The molecule has 0 bridgehead atoms. The summed E-state index contributed by atoms with van der Waals surface area (Å²) >= 11 is 0.829. The van der Waals surface area contributed by atoms with Crippen molar-refractivity contribution in [1.82, 2.24) is 14.8 Å². The molecule has 1 heterocycles. The lowest BCUT2D eigenvalue weighted by Crippen LogP contribution is -2.12. The maximum absolute atomic E-state index is 13.7. The van der Waals surface area contributed by atoms with Crippen LogP contribution in [0.4, 0.5) is 10.1 Å². The number of nitrogens with one attached hydrogen (secondary N) is 1. The molecule has 9 heteroatoms. The number of hydrogen-bond donors (Lipinski definition) is 3. The number of rotatable bonds is 3. The molecule has 0 atom stereocenters. The van der Waals surface area contributed by atoms with Gasteiger partial charge in [-0.25, -0.2) is 19.1 Å². The predicted molar refractivity (Wildman–Crippen MR) is 65.7 cm³/mol. The summed E-state index contributed by atoms with van der Waals surface area (Å²) in [5.74, 6) is -1.93. The summed E-state index contributed by atoms with van der Waals surface area (Å²) in [6.07, 6.45) is 0. The van der Waals surface area contributed by atoms with Gasteiger partial charge in [-0.1, -0.05) is 0 Å². The lowest BCUT2D eigenvalue weighted by Gasteiger charge is -2.06. The van der Waals surface area contributed by atoms with E-state index in [1.165, 1.54) is 11.6 Å². The lowest BCUT2D eigenvalue weighted by molar-refractivity contribution is 0.0697. The van der Waals surface area contributed by atoms with E-state index in [1.807, 2.05) is 0 Å². The first-order chi connectivity index (χ1) is 8.90. The highest BCUT2D eigenvalue weighted by molar-refractivity contribution is 7.99. The van der Waals surface area contributed by atoms with Gasteiger partial charge >= 0.3 is 11.7 Å².